The standard InChI is InChI=1S/3C18H34O2/c3*1-2-3-4-5-6-7-8-9-10-11-12-13-14-15-16-17-18(19)20/h3*9-10H,2-8,11-17H2,1H3,(H,19,20)/b3*10-9-. The molecule has 3 N–H and O–H groups in total. The summed E-state index contributed by atoms with van der Waals surface area (Å²) in [5, 5.41) is 25.5. The molecule has 0 aliphatic rings. The van der Waals surface area contributed by atoms with Crippen LogP contribution in [0.15, 0.2) is 36.5 Å². The van der Waals surface area contributed by atoms with E-state index in [1.165, 1.54) is 212 Å². The van der Waals surface area contributed by atoms with E-state index in [0.29, 0.717) is 19.3 Å². The highest BCUT2D eigenvalue weighted by Gasteiger charge is 1.98. The van der Waals surface area contributed by atoms with Gasteiger partial charge in [0.25, 0.3) is 0 Å². The number of unbranched alkanes of at least 4 members (excludes halogenated alkanes) is 33. The second-order valence-corrected chi connectivity index (χ2v) is 17.2. The molecule has 0 heterocycles. The van der Waals surface area contributed by atoms with E-state index < -0.39 is 17.9 Å². The van der Waals surface area contributed by atoms with Crippen molar-refractivity contribution in [3.05, 3.63) is 36.5 Å². The molecule has 6 heteroatoms. The lowest BCUT2D eigenvalue weighted by molar-refractivity contribution is -0.138. The molecule has 0 atom stereocenters. The van der Waals surface area contributed by atoms with E-state index in [4.69, 9.17) is 15.3 Å². The van der Waals surface area contributed by atoms with E-state index in [0.717, 1.165) is 38.5 Å². The Morgan fingerprint density at radius 1 is 0.250 bits per heavy atom. The van der Waals surface area contributed by atoms with Crippen molar-refractivity contribution < 1.29 is 29.7 Å². The van der Waals surface area contributed by atoms with E-state index in [9.17, 15) is 14.4 Å². The van der Waals surface area contributed by atoms with E-state index in [1.807, 2.05) is 0 Å². The zero-order chi connectivity index (χ0) is 44.7. The van der Waals surface area contributed by atoms with Gasteiger partial charge in [0.05, 0.1) is 0 Å². The topological polar surface area (TPSA) is 112 Å². The molecule has 60 heavy (non-hydrogen) atoms. The minimum Gasteiger partial charge on any atom is -0.481 e. The molecule has 0 amide bonds. The summed E-state index contributed by atoms with van der Waals surface area (Å²) < 4.78 is 0. The fourth-order valence-corrected chi connectivity index (χ4v) is 7.04. The Kier molecular flexibility index (Phi) is 60.6. The van der Waals surface area contributed by atoms with Crippen LogP contribution in [0.25, 0.3) is 0 Å². The van der Waals surface area contributed by atoms with Crippen LogP contribution in [0.4, 0.5) is 0 Å². The van der Waals surface area contributed by atoms with Crippen molar-refractivity contribution in [1.82, 2.24) is 0 Å². The Labute approximate surface area is 373 Å². The number of allylic oxidation sites excluding steroid dienone is 6. The zero-order valence-electron chi connectivity index (χ0n) is 40.2. The first-order chi connectivity index (χ1) is 29.3. The van der Waals surface area contributed by atoms with Crippen molar-refractivity contribution in [2.24, 2.45) is 0 Å². The Balaban J connectivity index is -0.000000812. The lowest BCUT2D eigenvalue weighted by Crippen LogP contribution is -1.93. The third-order valence-corrected chi connectivity index (χ3v) is 11.0. The highest BCUT2D eigenvalue weighted by atomic mass is 16.4. The van der Waals surface area contributed by atoms with Gasteiger partial charge >= 0.3 is 17.9 Å². The molecule has 0 aromatic heterocycles. The van der Waals surface area contributed by atoms with E-state index in [2.05, 4.69) is 57.2 Å². The predicted octanol–water partition coefficient (Wildman–Crippen LogP) is 18.3. The third-order valence-electron chi connectivity index (χ3n) is 11.0. The van der Waals surface area contributed by atoms with Crippen LogP contribution in [0, 0.1) is 0 Å². The van der Waals surface area contributed by atoms with Crippen LogP contribution in [-0.2, 0) is 14.4 Å². The lowest BCUT2D eigenvalue weighted by atomic mass is 10.1. The van der Waals surface area contributed by atoms with Gasteiger partial charge in [0, 0.05) is 19.3 Å². The maximum atomic E-state index is 10.3. The quantitative estimate of drug-likeness (QED) is 0.0416. The fraction of sp³-hybridized carbons (Fsp3) is 0.833. The smallest absolute Gasteiger partial charge is 0.303 e. The molecule has 0 aliphatic heterocycles. The van der Waals surface area contributed by atoms with Crippen LogP contribution in [0.5, 0.6) is 0 Å². The molecule has 6 nitrogen and oxygen atoms in total. The number of rotatable bonds is 45. The molecule has 0 aromatic carbocycles. The lowest BCUT2D eigenvalue weighted by Gasteiger charge is -1.99. The highest BCUT2D eigenvalue weighted by Crippen LogP contribution is 2.13. The number of aliphatic carboxylic acids is 3. The van der Waals surface area contributed by atoms with E-state index >= 15 is 0 Å². The van der Waals surface area contributed by atoms with Crippen LogP contribution in [0.2, 0.25) is 0 Å². The van der Waals surface area contributed by atoms with Crippen molar-refractivity contribution >= 4 is 17.9 Å². The number of carboxylic acids is 3. The number of hydrogen-bond donors (Lipinski definition) is 3. The van der Waals surface area contributed by atoms with E-state index in [-0.39, 0.29) is 0 Å². The summed E-state index contributed by atoms with van der Waals surface area (Å²) in [7, 11) is 0. The third kappa shape index (κ3) is 70.2. The summed E-state index contributed by atoms with van der Waals surface area (Å²) in [4.78, 5) is 31.0. The molecule has 0 rings (SSSR count). The molecule has 0 aromatic rings. The summed E-state index contributed by atoms with van der Waals surface area (Å²) in [5.74, 6) is -1.99. The largest absolute Gasteiger partial charge is 0.481 e. The molecule has 354 valence electrons. The maximum absolute atomic E-state index is 10.3. The normalized spacial score (nSPS) is 11.2. The van der Waals surface area contributed by atoms with Gasteiger partial charge in [-0.3, -0.25) is 14.4 Å². The van der Waals surface area contributed by atoms with Gasteiger partial charge in [-0.15, -0.1) is 0 Å². The van der Waals surface area contributed by atoms with Gasteiger partial charge < -0.3 is 15.3 Å². The van der Waals surface area contributed by atoms with Crippen molar-refractivity contribution in [1.29, 1.82) is 0 Å². The number of hydrogen-bond acceptors (Lipinski definition) is 3. The fourth-order valence-electron chi connectivity index (χ4n) is 7.04. The molecule has 0 radical (unpaired) electrons. The number of carboxylic acid groups (broad SMARTS) is 3. The first-order valence-corrected chi connectivity index (χ1v) is 25.9. The second kappa shape index (κ2) is 58.7. The van der Waals surface area contributed by atoms with Gasteiger partial charge in [0.1, 0.15) is 0 Å². The Morgan fingerprint density at radius 3 is 0.567 bits per heavy atom. The first-order valence-electron chi connectivity index (χ1n) is 25.9. The van der Waals surface area contributed by atoms with Gasteiger partial charge in [-0.2, -0.15) is 0 Å². The van der Waals surface area contributed by atoms with Crippen LogP contribution in [0.1, 0.15) is 290 Å². The number of carbonyl (C=O) groups is 3. The Morgan fingerprint density at radius 2 is 0.400 bits per heavy atom. The Hall–Kier alpha value is -2.37. The monoisotopic (exact) mass is 847 g/mol. The van der Waals surface area contributed by atoms with Crippen LogP contribution in [0.3, 0.4) is 0 Å². The van der Waals surface area contributed by atoms with E-state index in [1.54, 1.807) is 0 Å². The minimum atomic E-state index is -0.664. The van der Waals surface area contributed by atoms with Crippen LogP contribution in [-0.4, -0.2) is 33.2 Å². The molecule has 0 bridgehead atoms. The maximum Gasteiger partial charge on any atom is 0.303 e. The molecular formula is C54H102O6. The van der Waals surface area contributed by atoms with Crippen LogP contribution < -0.4 is 0 Å². The summed E-state index contributed by atoms with van der Waals surface area (Å²) in [6.45, 7) is 6.78. The van der Waals surface area contributed by atoms with Crippen LogP contribution >= 0.6 is 0 Å². The van der Waals surface area contributed by atoms with Gasteiger partial charge in [0.15, 0.2) is 0 Å². The molecule has 0 saturated carbocycles. The van der Waals surface area contributed by atoms with Crippen molar-refractivity contribution in [2.75, 3.05) is 0 Å². The zero-order valence-corrected chi connectivity index (χ0v) is 40.2. The SMILES string of the molecule is CCCCCCCC/C=C\CCCCCCCC(=O)O.CCCCCCCC/C=C\CCCCCCCC(=O)O.CCCCCCCC/C=C\CCCCCCCC(=O)O. The summed E-state index contributed by atoms with van der Waals surface area (Å²) in [5.41, 5.74) is 0. The summed E-state index contributed by atoms with van der Waals surface area (Å²) >= 11 is 0. The molecule has 0 spiro atoms. The molecular weight excluding hydrogens is 745 g/mol. The van der Waals surface area contributed by atoms with Crippen molar-refractivity contribution in [2.45, 2.75) is 290 Å². The Bertz CT molecular complexity index is 820. The van der Waals surface area contributed by atoms with Crippen molar-refractivity contribution in [3.63, 3.8) is 0 Å². The average Bonchev–Trinajstić information content (AvgIpc) is 3.22. The molecule has 0 unspecified atom stereocenters. The minimum absolute atomic E-state index is 0.332. The first kappa shape index (κ1) is 61.9. The van der Waals surface area contributed by atoms with Gasteiger partial charge in [-0.25, -0.2) is 0 Å². The summed E-state index contributed by atoms with van der Waals surface area (Å²) in [6, 6.07) is 0. The van der Waals surface area contributed by atoms with Gasteiger partial charge in [-0.05, 0) is 96.3 Å². The molecule has 0 aliphatic carbocycles. The average molecular weight is 847 g/mol. The summed E-state index contributed by atoms with van der Waals surface area (Å²) in [6.07, 6.45) is 63.7. The highest BCUT2D eigenvalue weighted by molar-refractivity contribution is 5.67. The van der Waals surface area contributed by atoms with Gasteiger partial charge in [0.2, 0.25) is 0 Å². The molecule has 0 fully saturated rings. The predicted molar refractivity (Wildman–Crippen MR) is 261 cm³/mol. The molecule has 0 saturated heterocycles. The van der Waals surface area contributed by atoms with Crippen molar-refractivity contribution in [3.8, 4) is 0 Å². The van der Waals surface area contributed by atoms with Gasteiger partial charge in [-0.1, -0.05) is 211 Å². The second-order valence-electron chi connectivity index (χ2n) is 17.2.